The zero-order valence-electron chi connectivity index (χ0n) is 14.3. The molecule has 10 heteroatoms. The number of rotatable bonds is 6. The molecule has 2 aromatic carbocycles. The largest absolute Gasteiger partial charge is 0.456 e. The van der Waals surface area contributed by atoms with E-state index in [1.54, 1.807) is 24.3 Å². The molecule has 0 radical (unpaired) electrons. The van der Waals surface area contributed by atoms with Gasteiger partial charge in [0.2, 0.25) is 5.16 Å². The van der Waals surface area contributed by atoms with Crippen LogP contribution in [0.15, 0.2) is 64.6 Å². The first-order valence-corrected chi connectivity index (χ1v) is 10.4. The maximum absolute atomic E-state index is 12.2. The van der Waals surface area contributed by atoms with Crippen molar-refractivity contribution in [3.05, 3.63) is 60.2 Å². The quantitative estimate of drug-likeness (QED) is 0.456. The van der Waals surface area contributed by atoms with Gasteiger partial charge in [0.15, 0.2) is 9.84 Å². The Bertz CT molecular complexity index is 1020. The fraction of sp³-hybridized carbons (Fsp3) is 0.176. The van der Waals surface area contributed by atoms with Gasteiger partial charge in [-0.2, -0.15) is 4.68 Å². The molecule has 0 saturated heterocycles. The second-order valence-electron chi connectivity index (χ2n) is 5.54. The molecule has 0 N–H and O–H groups in total. The van der Waals surface area contributed by atoms with Gasteiger partial charge in [0.25, 0.3) is 0 Å². The zero-order valence-corrected chi connectivity index (χ0v) is 16.0. The van der Waals surface area contributed by atoms with Gasteiger partial charge in [0.05, 0.1) is 16.3 Å². The van der Waals surface area contributed by atoms with Gasteiger partial charge in [-0.15, -0.1) is 5.10 Å². The van der Waals surface area contributed by atoms with Crippen LogP contribution in [-0.2, 0) is 14.6 Å². The first-order chi connectivity index (χ1) is 13.0. The van der Waals surface area contributed by atoms with Crippen molar-refractivity contribution >= 4 is 26.9 Å². The van der Waals surface area contributed by atoms with Crippen molar-refractivity contribution in [2.24, 2.45) is 0 Å². The van der Waals surface area contributed by atoms with Crippen LogP contribution in [0, 0.1) is 6.92 Å². The predicted molar refractivity (Wildman–Crippen MR) is 99.6 cm³/mol. The standard InChI is InChI=1S/C17H16N4O4S2/c1-13-7-9-15(10-8-13)27(23,24)12-11-25-17(22)26-16-18-19-20-21(16)14-5-3-2-4-6-14/h2-10H,11-12H2,1H3. The zero-order chi connectivity index (χ0) is 19.3. The fourth-order valence-electron chi connectivity index (χ4n) is 2.18. The molecule has 0 aliphatic heterocycles. The van der Waals surface area contributed by atoms with E-state index in [9.17, 15) is 13.2 Å². The van der Waals surface area contributed by atoms with Gasteiger partial charge in [0, 0.05) is 11.8 Å². The van der Waals surface area contributed by atoms with Gasteiger partial charge < -0.3 is 4.74 Å². The molecule has 3 rings (SSSR count). The fourth-order valence-corrected chi connectivity index (χ4v) is 3.86. The molecular formula is C17H16N4O4S2. The van der Waals surface area contributed by atoms with Crippen LogP contribution in [0.3, 0.4) is 0 Å². The van der Waals surface area contributed by atoms with Gasteiger partial charge in [-0.3, -0.25) is 0 Å². The van der Waals surface area contributed by atoms with Gasteiger partial charge in [-0.1, -0.05) is 35.9 Å². The molecule has 3 aromatic rings. The molecule has 140 valence electrons. The molecule has 0 aliphatic rings. The van der Waals surface area contributed by atoms with Gasteiger partial charge >= 0.3 is 5.30 Å². The number of tetrazole rings is 1. The third-order valence-electron chi connectivity index (χ3n) is 3.57. The van der Waals surface area contributed by atoms with E-state index in [0.717, 1.165) is 5.56 Å². The highest BCUT2D eigenvalue weighted by molar-refractivity contribution is 8.13. The minimum atomic E-state index is -3.52. The highest BCUT2D eigenvalue weighted by atomic mass is 32.2. The number of para-hydroxylation sites is 1. The molecule has 0 saturated carbocycles. The average molecular weight is 404 g/mol. The molecule has 1 heterocycles. The highest BCUT2D eigenvalue weighted by Crippen LogP contribution is 2.20. The number of nitrogens with zero attached hydrogens (tertiary/aromatic N) is 4. The van der Waals surface area contributed by atoms with Crippen LogP contribution in [0.4, 0.5) is 4.79 Å². The Hall–Kier alpha value is -2.72. The molecule has 27 heavy (non-hydrogen) atoms. The Morgan fingerprint density at radius 2 is 1.81 bits per heavy atom. The van der Waals surface area contributed by atoms with Crippen LogP contribution in [0.2, 0.25) is 0 Å². The lowest BCUT2D eigenvalue weighted by molar-refractivity contribution is 0.182. The molecule has 0 atom stereocenters. The lowest BCUT2D eigenvalue weighted by Gasteiger charge is -2.06. The molecule has 0 bridgehead atoms. The molecule has 0 aliphatic carbocycles. The van der Waals surface area contributed by atoms with Crippen LogP contribution < -0.4 is 0 Å². The van der Waals surface area contributed by atoms with E-state index in [4.69, 9.17) is 4.74 Å². The van der Waals surface area contributed by atoms with Crippen molar-refractivity contribution in [2.75, 3.05) is 12.4 Å². The Morgan fingerprint density at radius 1 is 1.11 bits per heavy atom. The summed E-state index contributed by atoms with van der Waals surface area (Å²) < 4.78 is 30.9. The Balaban J connectivity index is 1.57. The van der Waals surface area contributed by atoms with Crippen LogP contribution in [0.25, 0.3) is 5.69 Å². The van der Waals surface area contributed by atoms with Crippen molar-refractivity contribution in [3.63, 3.8) is 0 Å². The summed E-state index contributed by atoms with van der Waals surface area (Å²) in [6.07, 6.45) is 0. The van der Waals surface area contributed by atoms with Crippen molar-refractivity contribution in [1.29, 1.82) is 0 Å². The molecule has 0 spiro atoms. The summed E-state index contributed by atoms with van der Waals surface area (Å²) in [5, 5.41) is 10.7. The van der Waals surface area contributed by atoms with E-state index in [1.807, 2.05) is 25.1 Å². The first kappa shape index (κ1) is 19.1. The molecule has 0 amide bonds. The number of thioether (sulfide) groups is 1. The lowest BCUT2D eigenvalue weighted by Crippen LogP contribution is -2.14. The third-order valence-corrected chi connectivity index (χ3v) is 5.98. The number of carbonyl (C=O) groups excluding carboxylic acids is 1. The average Bonchev–Trinajstić information content (AvgIpc) is 3.10. The van der Waals surface area contributed by atoms with E-state index in [2.05, 4.69) is 15.5 Å². The highest BCUT2D eigenvalue weighted by Gasteiger charge is 2.18. The van der Waals surface area contributed by atoms with Crippen LogP contribution >= 0.6 is 11.8 Å². The summed E-state index contributed by atoms with van der Waals surface area (Å²) >= 11 is 0.691. The van der Waals surface area contributed by atoms with Crippen LogP contribution in [0.1, 0.15) is 5.56 Å². The summed E-state index contributed by atoms with van der Waals surface area (Å²) in [5.74, 6) is -0.300. The minimum Gasteiger partial charge on any atom is -0.456 e. The number of aryl methyl sites for hydroxylation is 1. The maximum atomic E-state index is 12.2. The van der Waals surface area contributed by atoms with Gasteiger partial charge in [-0.25, -0.2) is 13.2 Å². The summed E-state index contributed by atoms with van der Waals surface area (Å²) in [6.45, 7) is 1.62. The molecule has 0 unspecified atom stereocenters. The van der Waals surface area contributed by atoms with Gasteiger partial charge in [0.1, 0.15) is 6.61 Å². The first-order valence-electron chi connectivity index (χ1n) is 7.93. The minimum absolute atomic E-state index is 0.199. The van der Waals surface area contributed by atoms with E-state index >= 15 is 0 Å². The molecule has 0 fully saturated rings. The van der Waals surface area contributed by atoms with Crippen LogP contribution in [0.5, 0.6) is 0 Å². The van der Waals surface area contributed by atoms with Crippen molar-refractivity contribution in [3.8, 4) is 5.69 Å². The number of carbonyl (C=O) groups is 1. The maximum Gasteiger partial charge on any atom is 0.375 e. The smallest absolute Gasteiger partial charge is 0.375 e. The number of ether oxygens (including phenoxy) is 1. The summed E-state index contributed by atoms with van der Waals surface area (Å²) in [6, 6.07) is 15.6. The molecule has 1 aromatic heterocycles. The SMILES string of the molecule is Cc1ccc(S(=O)(=O)CCOC(=O)Sc2nnnn2-c2ccccc2)cc1. The molecular weight excluding hydrogens is 388 g/mol. The van der Waals surface area contributed by atoms with E-state index in [0.29, 0.717) is 17.4 Å². The van der Waals surface area contributed by atoms with Crippen molar-refractivity contribution in [1.82, 2.24) is 20.2 Å². The van der Waals surface area contributed by atoms with E-state index in [-0.39, 0.29) is 22.4 Å². The second kappa shape index (κ2) is 8.31. The number of benzene rings is 2. The normalized spacial score (nSPS) is 11.3. The molecule has 8 nitrogen and oxygen atoms in total. The monoisotopic (exact) mass is 404 g/mol. The number of hydrogen-bond donors (Lipinski definition) is 0. The Morgan fingerprint density at radius 3 is 2.52 bits per heavy atom. The summed E-state index contributed by atoms with van der Waals surface area (Å²) in [4.78, 5) is 12.2. The summed E-state index contributed by atoms with van der Waals surface area (Å²) in [7, 11) is -3.52. The number of sulfone groups is 1. The van der Waals surface area contributed by atoms with E-state index < -0.39 is 15.1 Å². The topological polar surface area (TPSA) is 104 Å². The van der Waals surface area contributed by atoms with Gasteiger partial charge in [-0.05, 0) is 41.6 Å². The number of hydrogen-bond acceptors (Lipinski definition) is 8. The van der Waals surface area contributed by atoms with Crippen molar-refractivity contribution < 1.29 is 17.9 Å². The third kappa shape index (κ3) is 4.92. The number of aromatic nitrogens is 4. The van der Waals surface area contributed by atoms with Crippen LogP contribution in [-0.4, -0.2) is 46.3 Å². The van der Waals surface area contributed by atoms with E-state index in [1.165, 1.54) is 16.8 Å². The predicted octanol–water partition coefficient (Wildman–Crippen LogP) is 2.67. The Labute approximate surface area is 160 Å². The lowest BCUT2D eigenvalue weighted by atomic mass is 10.2. The van der Waals surface area contributed by atoms with Crippen molar-refractivity contribution in [2.45, 2.75) is 17.0 Å². The second-order valence-corrected chi connectivity index (χ2v) is 8.55. The Kier molecular flexibility index (Phi) is 5.87. The summed E-state index contributed by atoms with van der Waals surface area (Å²) in [5.41, 5.74) is 1.66.